The van der Waals surface area contributed by atoms with Gasteiger partial charge in [0.25, 0.3) is 0 Å². The van der Waals surface area contributed by atoms with Crippen LogP contribution in [0, 0.1) is 0 Å². The smallest absolute Gasteiger partial charge is 0.156 e. The zero-order valence-corrected chi connectivity index (χ0v) is 19.7. The molecule has 4 nitrogen and oxygen atoms in total. The molecule has 0 fully saturated rings. The Morgan fingerprint density at radius 3 is 2.14 bits per heavy atom. The lowest BCUT2D eigenvalue weighted by Gasteiger charge is -2.14. The molecule has 0 heterocycles. The molecule has 9 heteroatoms. The molecule has 0 bridgehead atoms. The second-order valence-corrected chi connectivity index (χ2v) is 9.62. The van der Waals surface area contributed by atoms with Crippen LogP contribution in [0.5, 0.6) is 11.5 Å². The van der Waals surface area contributed by atoms with Crippen molar-refractivity contribution in [3.05, 3.63) is 46.4 Å². The molecule has 0 aliphatic carbocycles. The van der Waals surface area contributed by atoms with Crippen LogP contribution in [0.4, 0.5) is 0 Å². The van der Waals surface area contributed by atoms with E-state index < -0.39 is 12.2 Å². The number of halogens is 3. The molecule has 2 N–H and O–H groups in total. The summed E-state index contributed by atoms with van der Waals surface area (Å²) in [5.74, 6) is 2.73. The van der Waals surface area contributed by atoms with Crippen LogP contribution in [-0.2, 0) is 0 Å². The molecule has 0 spiro atoms. The van der Waals surface area contributed by atoms with E-state index in [1.807, 2.05) is 24.3 Å². The lowest BCUT2D eigenvalue weighted by Crippen LogP contribution is -2.20. The molecule has 2 aromatic rings. The number of aliphatic hydroxyl groups is 2. The number of rotatable bonds is 12. The maximum absolute atomic E-state index is 9.84. The minimum absolute atomic E-state index is 0.0166. The van der Waals surface area contributed by atoms with Crippen molar-refractivity contribution in [3.63, 3.8) is 0 Å². The van der Waals surface area contributed by atoms with Gasteiger partial charge in [-0.25, -0.2) is 0 Å². The second kappa shape index (κ2) is 13.1. The van der Waals surface area contributed by atoms with Crippen LogP contribution in [0.15, 0.2) is 46.2 Å². The van der Waals surface area contributed by atoms with E-state index in [-0.39, 0.29) is 19.1 Å². The summed E-state index contributed by atoms with van der Waals surface area (Å²) in [5.41, 5.74) is 0. The number of aliphatic hydroxyl groups excluding tert-OH is 2. The lowest BCUT2D eigenvalue weighted by molar-refractivity contribution is 0.125. The van der Waals surface area contributed by atoms with Crippen molar-refractivity contribution < 1.29 is 19.7 Å². The van der Waals surface area contributed by atoms with Gasteiger partial charge in [-0.1, -0.05) is 41.9 Å². The van der Waals surface area contributed by atoms with Gasteiger partial charge in [0, 0.05) is 15.5 Å². The van der Waals surface area contributed by atoms with Crippen molar-refractivity contribution in [2.75, 3.05) is 30.6 Å². The van der Waals surface area contributed by atoms with E-state index >= 15 is 0 Å². The van der Waals surface area contributed by atoms with Gasteiger partial charge < -0.3 is 19.7 Å². The summed E-state index contributed by atoms with van der Waals surface area (Å²) in [4.78, 5) is 1.84. The average Bonchev–Trinajstić information content (AvgIpc) is 2.70. The Balaban J connectivity index is 1.94. The summed E-state index contributed by atoms with van der Waals surface area (Å²) in [6, 6.07) is 11.1. The van der Waals surface area contributed by atoms with Gasteiger partial charge in [0.15, 0.2) is 5.75 Å². The Kier molecular flexibility index (Phi) is 11.2. The first-order valence-electron chi connectivity index (χ1n) is 8.95. The topological polar surface area (TPSA) is 58.9 Å². The van der Waals surface area contributed by atoms with Gasteiger partial charge in [-0.3, -0.25) is 0 Å². The molecule has 2 atom stereocenters. The molecule has 0 aliphatic rings. The van der Waals surface area contributed by atoms with Gasteiger partial charge in [0.1, 0.15) is 25.1 Å². The minimum Gasteiger partial charge on any atom is -0.491 e. The van der Waals surface area contributed by atoms with E-state index in [0.29, 0.717) is 27.3 Å². The van der Waals surface area contributed by atoms with Gasteiger partial charge in [-0.05, 0) is 42.2 Å². The molecule has 0 amide bonds. The normalized spacial score (nSPS) is 13.2. The van der Waals surface area contributed by atoms with E-state index in [0.717, 1.165) is 15.5 Å². The highest BCUT2D eigenvalue weighted by molar-refractivity contribution is 7.99. The lowest BCUT2D eigenvalue weighted by atomic mass is 10.3. The maximum atomic E-state index is 9.84. The molecule has 0 saturated heterocycles. The van der Waals surface area contributed by atoms with Crippen LogP contribution in [0.25, 0.3) is 0 Å². The van der Waals surface area contributed by atoms with Crippen LogP contribution in [0.2, 0.25) is 10.0 Å². The molecule has 0 aromatic heterocycles. The first-order valence-corrected chi connectivity index (χ1v) is 12.2. The molecular formula is C20H23Cl3O4S2. The van der Waals surface area contributed by atoms with Crippen LogP contribution in [0.3, 0.4) is 0 Å². The standard InChI is InChI=1S/C20H23Cl3O4S2/c1-2-28-12-14(25)11-26-15-3-5-16(6-4-15)29-17-7-18(22)20(19(23)8-17)27-10-13(24)9-21/h3-8,13-14,24-25H,2,9-12H2,1H3. The van der Waals surface area contributed by atoms with Gasteiger partial charge in [-0.15, -0.1) is 11.6 Å². The zero-order chi connectivity index (χ0) is 21.2. The molecule has 0 aliphatic heterocycles. The maximum Gasteiger partial charge on any atom is 0.156 e. The number of hydrogen-bond acceptors (Lipinski definition) is 6. The number of benzene rings is 2. The Morgan fingerprint density at radius 1 is 0.931 bits per heavy atom. The predicted molar refractivity (Wildman–Crippen MR) is 124 cm³/mol. The zero-order valence-electron chi connectivity index (χ0n) is 15.8. The number of ether oxygens (including phenoxy) is 2. The van der Waals surface area contributed by atoms with Crippen LogP contribution in [-0.4, -0.2) is 53.0 Å². The third kappa shape index (κ3) is 8.66. The summed E-state index contributed by atoms with van der Waals surface area (Å²) in [5, 5.41) is 20.1. The van der Waals surface area contributed by atoms with Crippen molar-refractivity contribution in [2.24, 2.45) is 0 Å². The predicted octanol–water partition coefficient (Wildman–Crippen LogP) is 5.62. The van der Waals surface area contributed by atoms with Crippen molar-refractivity contribution in [1.82, 2.24) is 0 Å². The third-order valence-electron chi connectivity index (χ3n) is 3.59. The summed E-state index contributed by atoms with van der Waals surface area (Å²) < 4.78 is 11.1. The molecule has 29 heavy (non-hydrogen) atoms. The van der Waals surface area contributed by atoms with E-state index in [9.17, 15) is 10.2 Å². The quantitative estimate of drug-likeness (QED) is 0.371. The van der Waals surface area contributed by atoms with Crippen LogP contribution < -0.4 is 9.47 Å². The minimum atomic E-state index is -0.787. The Morgan fingerprint density at radius 2 is 1.55 bits per heavy atom. The first kappa shape index (κ1) is 24.8. The summed E-state index contributed by atoms with van der Waals surface area (Å²) in [6.07, 6.45) is -1.27. The van der Waals surface area contributed by atoms with E-state index in [1.165, 1.54) is 11.8 Å². The Labute approximate surface area is 194 Å². The largest absolute Gasteiger partial charge is 0.491 e. The van der Waals surface area contributed by atoms with Crippen molar-refractivity contribution in [1.29, 1.82) is 0 Å². The second-order valence-electron chi connectivity index (χ2n) is 6.03. The summed E-state index contributed by atoms with van der Waals surface area (Å²) in [7, 11) is 0. The Hall–Kier alpha value is -0.470. The van der Waals surface area contributed by atoms with E-state index in [2.05, 4.69) is 6.92 Å². The van der Waals surface area contributed by atoms with Gasteiger partial charge in [-0.2, -0.15) is 11.8 Å². The molecule has 2 aromatic carbocycles. The fourth-order valence-corrected chi connectivity index (χ4v) is 4.51. The van der Waals surface area contributed by atoms with Crippen LogP contribution >= 0.6 is 58.3 Å². The molecule has 2 unspecified atom stereocenters. The summed E-state index contributed by atoms with van der Waals surface area (Å²) in [6.45, 7) is 2.34. The van der Waals surface area contributed by atoms with Crippen LogP contribution in [0.1, 0.15) is 6.92 Å². The monoisotopic (exact) mass is 496 g/mol. The molecule has 160 valence electrons. The van der Waals surface area contributed by atoms with Crippen molar-refractivity contribution in [3.8, 4) is 11.5 Å². The SMILES string of the molecule is CCSCC(O)COc1ccc(Sc2cc(Cl)c(OCC(O)CCl)c(Cl)c2)cc1. The number of hydrogen-bond donors (Lipinski definition) is 2. The van der Waals surface area contributed by atoms with Crippen molar-refractivity contribution in [2.45, 2.75) is 28.9 Å². The van der Waals surface area contributed by atoms with E-state index in [1.54, 1.807) is 23.9 Å². The highest BCUT2D eigenvalue weighted by atomic mass is 35.5. The summed E-state index contributed by atoms with van der Waals surface area (Å²) >= 11 is 21.3. The van der Waals surface area contributed by atoms with Gasteiger partial charge in [0.05, 0.1) is 22.0 Å². The van der Waals surface area contributed by atoms with Crippen molar-refractivity contribution >= 4 is 58.3 Å². The fourth-order valence-electron chi connectivity index (χ4n) is 2.19. The average molecular weight is 498 g/mol. The van der Waals surface area contributed by atoms with Gasteiger partial charge in [0.2, 0.25) is 0 Å². The molecule has 2 rings (SSSR count). The third-order valence-corrected chi connectivity index (χ3v) is 6.51. The fraction of sp³-hybridized carbons (Fsp3) is 0.400. The van der Waals surface area contributed by atoms with E-state index in [4.69, 9.17) is 44.3 Å². The molecular weight excluding hydrogens is 475 g/mol. The Bertz CT molecular complexity index is 739. The first-order chi connectivity index (χ1) is 13.9. The highest BCUT2D eigenvalue weighted by Crippen LogP contribution is 2.39. The molecule has 0 saturated carbocycles. The number of alkyl halides is 1. The molecule has 0 radical (unpaired) electrons. The highest BCUT2D eigenvalue weighted by Gasteiger charge is 2.13. The number of thioether (sulfide) groups is 1. The van der Waals surface area contributed by atoms with Gasteiger partial charge >= 0.3 is 0 Å².